The largest absolute Gasteiger partial charge is 0.467 e. The number of ether oxygens (including phenoxy) is 2. The summed E-state index contributed by atoms with van der Waals surface area (Å²) in [6.45, 7) is 0.577. The van der Waals surface area contributed by atoms with Crippen LogP contribution >= 0.6 is 11.8 Å². The topological polar surface area (TPSA) is 81.7 Å². The molecule has 1 unspecified atom stereocenters. The summed E-state index contributed by atoms with van der Waals surface area (Å²) < 4.78 is 36.9. The van der Waals surface area contributed by atoms with Crippen LogP contribution in [-0.4, -0.2) is 51.0 Å². The summed E-state index contributed by atoms with van der Waals surface area (Å²) in [5.74, 6) is -0.643. The van der Waals surface area contributed by atoms with Gasteiger partial charge in [-0.25, -0.2) is 13.2 Å². The van der Waals surface area contributed by atoms with Crippen LogP contribution < -0.4 is 5.32 Å². The highest BCUT2D eigenvalue weighted by molar-refractivity contribution is 8.01. The lowest BCUT2D eigenvalue weighted by molar-refractivity contribution is -0.156. The Hall–Kier alpha value is -3.43. The van der Waals surface area contributed by atoms with Crippen molar-refractivity contribution in [3.63, 3.8) is 0 Å². The van der Waals surface area contributed by atoms with Gasteiger partial charge in [-0.2, -0.15) is 0 Å². The Morgan fingerprint density at radius 3 is 1.69 bits per heavy atom. The van der Waals surface area contributed by atoms with E-state index >= 15 is 0 Å². The summed E-state index contributed by atoms with van der Waals surface area (Å²) in [7, 11) is -2.45. The molecular formula is C34H35NO5S2. The van der Waals surface area contributed by atoms with Gasteiger partial charge in [0.05, 0.1) is 11.9 Å². The standard InChI is InChI=1S/C34H35NO5S2/c1-39-32(36)31(25-15-7-3-8-16-25)40-33(42(2,37)38)30-23-29(24-35-30)41-34(26-17-9-4-10-18-26,27-19-11-5-12-20-27)28-21-13-6-14-22-28/h3-22,29-31,33,35H,23-24H2,1-2H3/t29-,30+,31?,33+/m1/s1. The van der Waals surface area contributed by atoms with E-state index in [-0.39, 0.29) is 5.25 Å². The van der Waals surface area contributed by atoms with E-state index in [9.17, 15) is 13.2 Å². The van der Waals surface area contributed by atoms with E-state index in [4.69, 9.17) is 9.47 Å². The minimum Gasteiger partial charge on any atom is -0.467 e. The summed E-state index contributed by atoms with van der Waals surface area (Å²) in [4.78, 5) is 12.7. The number of carbonyl (C=O) groups excluding carboxylic acids is 1. The highest BCUT2D eigenvalue weighted by atomic mass is 32.2. The summed E-state index contributed by atoms with van der Waals surface area (Å²) in [6, 6.07) is 39.6. The Balaban J connectivity index is 1.49. The highest BCUT2D eigenvalue weighted by Crippen LogP contribution is 2.51. The van der Waals surface area contributed by atoms with Crippen LogP contribution in [0.2, 0.25) is 0 Å². The van der Waals surface area contributed by atoms with Gasteiger partial charge in [0.1, 0.15) is 0 Å². The third-order valence-electron chi connectivity index (χ3n) is 7.55. The summed E-state index contributed by atoms with van der Waals surface area (Å²) in [6.07, 6.45) is 0.516. The zero-order valence-corrected chi connectivity index (χ0v) is 25.3. The zero-order chi connectivity index (χ0) is 29.6. The number of sulfone groups is 1. The van der Waals surface area contributed by atoms with Gasteiger partial charge >= 0.3 is 5.97 Å². The van der Waals surface area contributed by atoms with Gasteiger partial charge in [0.15, 0.2) is 21.4 Å². The minimum absolute atomic E-state index is 0.0387. The molecule has 42 heavy (non-hydrogen) atoms. The quantitative estimate of drug-likeness (QED) is 0.173. The Labute approximate surface area is 252 Å². The number of hydrogen-bond acceptors (Lipinski definition) is 7. The first-order valence-corrected chi connectivity index (χ1v) is 16.7. The van der Waals surface area contributed by atoms with Crippen LogP contribution in [0.4, 0.5) is 0 Å². The van der Waals surface area contributed by atoms with Crippen LogP contribution in [0.1, 0.15) is 34.8 Å². The van der Waals surface area contributed by atoms with Gasteiger partial charge in [-0.05, 0) is 28.7 Å². The molecule has 1 saturated heterocycles. The molecule has 0 aromatic heterocycles. The number of rotatable bonds is 11. The molecule has 4 atom stereocenters. The molecule has 0 radical (unpaired) electrons. The number of esters is 1. The second kappa shape index (κ2) is 13.3. The van der Waals surface area contributed by atoms with Gasteiger partial charge in [0, 0.05) is 24.1 Å². The molecule has 0 saturated carbocycles. The second-order valence-corrected chi connectivity index (χ2v) is 14.1. The first kappa shape index (κ1) is 30.0. The molecule has 1 heterocycles. The van der Waals surface area contributed by atoms with Crippen molar-refractivity contribution in [1.29, 1.82) is 0 Å². The van der Waals surface area contributed by atoms with Crippen molar-refractivity contribution < 1.29 is 22.7 Å². The van der Waals surface area contributed by atoms with Crippen molar-refractivity contribution in [1.82, 2.24) is 5.32 Å². The summed E-state index contributed by atoms with van der Waals surface area (Å²) in [5.41, 5.74) is 2.72. The molecule has 1 aliphatic rings. The molecular weight excluding hydrogens is 567 g/mol. The minimum atomic E-state index is -3.72. The molecule has 0 aliphatic carbocycles. The van der Waals surface area contributed by atoms with Crippen molar-refractivity contribution in [3.8, 4) is 0 Å². The predicted molar refractivity (Wildman–Crippen MR) is 168 cm³/mol. The van der Waals surface area contributed by atoms with E-state index in [1.54, 1.807) is 24.3 Å². The molecule has 1 fully saturated rings. The van der Waals surface area contributed by atoms with E-state index in [0.29, 0.717) is 18.5 Å². The van der Waals surface area contributed by atoms with E-state index in [1.165, 1.54) is 7.11 Å². The van der Waals surface area contributed by atoms with Crippen molar-refractivity contribution >= 4 is 27.6 Å². The third-order valence-corrected chi connectivity index (χ3v) is 10.6. The maximum absolute atomic E-state index is 13.1. The van der Waals surface area contributed by atoms with E-state index in [0.717, 1.165) is 22.9 Å². The maximum Gasteiger partial charge on any atom is 0.339 e. The van der Waals surface area contributed by atoms with Crippen LogP contribution in [0, 0.1) is 0 Å². The third kappa shape index (κ3) is 6.47. The van der Waals surface area contributed by atoms with Gasteiger partial charge < -0.3 is 14.8 Å². The first-order chi connectivity index (χ1) is 20.3. The SMILES string of the molecule is COC(=O)C(O[C@H]([C@@H]1C[C@@H](SC(c2ccccc2)(c2ccccc2)c2ccccc2)CN1)S(C)(=O)=O)c1ccccc1. The Kier molecular flexibility index (Phi) is 9.48. The van der Waals surface area contributed by atoms with Gasteiger partial charge in [0.2, 0.25) is 0 Å². The molecule has 1 N–H and O–H groups in total. The van der Waals surface area contributed by atoms with Crippen molar-refractivity contribution in [2.75, 3.05) is 19.9 Å². The average molecular weight is 602 g/mol. The Bertz CT molecular complexity index is 1450. The van der Waals surface area contributed by atoms with Crippen LogP contribution in [0.25, 0.3) is 0 Å². The second-order valence-electron chi connectivity index (χ2n) is 10.4. The summed E-state index contributed by atoms with van der Waals surface area (Å²) in [5, 5.41) is 3.47. The number of thioether (sulfide) groups is 1. The average Bonchev–Trinajstić information content (AvgIpc) is 3.48. The normalized spacial score (nSPS) is 18.7. The van der Waals surface area contributed by atoms with Crippen molar-refractivity contribution in [3.05, 3.63) is 144 Å². The van der Waals surface area contributed by atoms with Crippen molar-refractivity contribution in [2.45, 2.75) is 34.0 Å². The fourth-order valence-electron chi connectivity index (χ4n) is 5.64. The lowest BCUT2D eigenvalue weighted by atomic mass is 9.84. The van der Waals surface area contributed by atoms with Crippen LogP contribution in [0.3, 0.4) is 0 Å². The van der Waals surface area contributed by atoms with Gasteiger partial charge in [-0.15, -0.1) is 11.8 Å². The molecule has 1 aliphatic heterocycles. The summed E-state index contributed by atoms with van der Waals surface area (Å²) >= 11 is 1.81. The number of methoxy groups -OCH3 is 1. The lowest BCUT2D eigenvalue weighted by Gasteiger charge is -2.37. The number of benzene rings is 4. The number of carbonyl (C=O) groups is 1. The molecule has 0 bridgehead atoms. The van der Waals surface area contributed by atoms with Crippen LogP contribution in [0.5, 0.6) is 0 Å². The van der Waals surface area contributed by atoms with E-state index < -0.39 is 38.1 Å². The predicted octanol–water partition coefficient (Wildman–Crippen LogP) is 5.74. The number of nitrogens with one attached hydrogen (secondary N) is 1. The zero-order valence-electron chi connectivity index (χ0n) is 23.6. The fourth-order valence-corrected chi connectivity index (χ4v) is 8.55. The molecule has 5 rings (SSSR count). The molecule has 6 nitrogen and oxygen atoms in total. The molecule has 0 amide bonds. The molecule has 0 spiro atoms. The Morgan fingerprint density at radius 2 is 1.26 bits per heavy atom. The van der Waals surface area contributed by atoms with Gasteiger partial charge in [0.25, 0.3) is 0 Å². The maximum atomic E-state index is 13.1. The first-order valence-electron chi connectivity index (χ1n) is 13.9. The smallest absolute Gasteiger partial charge is 0.339 e. The van der Waals surface area contributed by atoms with E-state index in [1.807, 2.05) is 36.0 Å². The molecule has 4 aromatic rings. The van der Waals surface area contributed by atoms with E-state index in [2.05, 4.69) is 78.1 Å². The molecule has 4 aromatic carbocycles. The van der Waals surface area contributed by atoms with Gasteiger partial charge in [-0.1, -0.05) is 121 Å². The molecule has 8 heteroatoms. The molecule has 218 valence electrons. The monoisotopic (exact) mass is 601 g/mol. The highest BCUT2D eigenvalue weighted by Gasteiger charge is 2.45. The fraction of sp³-hybridized carbons (Fsp3) is 0.265. The Morgan fingerprint density at radius 1 is 0.810 bits per heavy atom. The van der Waals surface area contributed by atoms with Crippen LogP contribution in [0.15, 0.2) is 121 Å². The van der Waals surface area contributed by atoms with Crippen molar-refractivity contribution in [2.24, 2.45) is 0 Å². The van der Waals surface area contributed by atoms with Gasteiger partial charge in [-0.3, -0.25) is 0 Å². The number of hydrogen-bond donors (Lipinski definition) is 1. The lowest BCUT2D eigenvalue weighted by Crippen LogP contribution is -2.43. The van der Waals surface area contributed by atoms with Crippen LogP contribution in [-0.2, 0) is 28.9 Å².